The molecule has 1 aliphatic heterocycles. The van der Waals surface area contributed by atoms with Crippen molar-refractivity contribution in [1.29, 1.82) is 0 Å². The normalized spacial score (nSPS) is 18.5. The lowest BCUT2D eigenvalue weighted by atomic mass is 9.99. The van der Waals surface area contributed by atoms with Gasteiger partial charge in [-0.25, -0.2) is 4.79 Å². The van der Waals surface area contributed by atoms with Crippen molar-refractivity contribution >= 4 is 11.9 Å². The Kier molecular flexibility index (Phi) is 8.95. The van der Waals surface area contributed by atoms with Crippen molar-refractivity contribution in [3.05, 3.63) is 47.5 Å². The second kappa shape index (κ2) is 11.4. The number of carbonyl (C=O) groups is 2. The van der Waals surface area contributed by atoms with Crippen molar-refractivity contribution in [2.75, 3.05) is 6.54 Å². The molecule has 0 radical (unpaired) electrons. The highest BCUT2D eigenvalue weighted by atomic mass is 16.4. The topological polar surface area (TPSA) is 77.8 Å². The van der Waals surface area contributed by atoms with Gasteiger partial charge in [0.15, 0.2) is 0 Å². The fourth-order valence-corrected chi connectivity index (χ4v) is 3.31. The number of carbonyl (C=O) groups excluding carboxylic acids is 1. The summed E-state index contributed by atoms with van der Waals surface area (Å²) in [7, 11) is 0. The first-order valence-electron chi connectivity index (χ1n) is 10.4. The Morgan fingerprint density at radius 1 is 1.31 bits per heavy atom. The van der Waals surface area contributed by atoms with Crippen molar-refractivity contribution < 1.29 is 19.8 Å². The van der Waals surface area contributed by atoms with Gasteiger partial charge in [0.25, 0.3) is 0 Å². The Bertz CT molecular complexity index is 772. The molecule has 5 nitrogen and oxygen atoms in total. The van der Waals surface area contributed by atoms with E-state index in [1.807, 2.05) is 17.9 Å². The summed E-state index contributed by atoms with van der Waals surface area (Å²) >= 11 is 0. The van der Waals surface area contributed by atoms with Gasteiger partial charge in [-0.3, -0.25) is 4.79 Å². The SMILES string of the molecule is CCCC#CC[C@H](C)[C@H](O)C=CC1CCC(=O)N1CCc1ccc(C(=O)O)cc1. The minimum Gasteiger partial charge on any atom is -0.478 e. The Morgan fingerprint density at radius 3 is 2.69 bits per heavy atom. The van der Waals surface area contributed by atoms with Crippen LogP contribution < -0.4 is 0 Å². The molecule has 0 spiro atoms. The van der Waals surface area contributed by atoms with Gasteiger partial charge in [0, 0.05) is 25.8 Å². The smallest absolute Gasteiger partial charge is 0.335 e. The maximum Gasteiger partial charge on any atom is 0.335 e. The summed E-state index contributed by atoms with van der Waals surface area (Å²) in [6.07, 6.45) is 7.69. The van der Waals surface area contributed by atoms with E-state index in [1.165, 1.54) is 0 Å². The Hall–Kier alpha value is -2.58. The number of amides is 1. The molecule has 1 aromatic rings. The van der Waals surface area contributed by atoms with E-state index in [4.69, 9.17) is 5.11 Å². The summed E-state index contributed by atoms with van der Waals surface area (Å²) in [6, 6.07) is 6.75. The van der Waals surface area contributed by atoms with Gasteiger partial charge in [0.05, 0.1) is 17.7 Å². The average molecular weight is 398 g/mol. The Balaban J connectivity index is 1.89. The van der Waals surface area contributed by atoms with Crippen LogP contribution in [0.5, 0.6) is 0 Å². The molecule has 2 N–H and O–H groups in total. The van der Waals surface area contributed by atoms with Gasteiger partial charge in [-0.05, 0) is 42.9 Å². The van der Waals surface area contributed by atoms with Gasteiger partial charge in [-0.15, -0.1) is 11.8 Å². The van der Waals surface area contributed by atoms with Crippen molar-refractivity contribution in [3.63, 3.8) is 0 Å². The number of benzene rings is 1. The van der Waals surface area contributed by atoms with Gasteiger partial charge in [0.1, 0.15) is 0 Å². The molecule has 5 heteroatoms. The summed E-state index contributed by atoms with van der Waals surface area (Å²) < 4.78 is 0. The van der Waals surface area contributed by atoms with Crippen molar-refractivity contribution in [2.24, 2.45) is 5.92 Å². The molecule has 156 valence electrons. The van der Waals surface area contributed by atoms with E-state index < -0.39 is 12.1 Å². The molecule has 0 aliphatic carbocycles. The molecule has 1 aliphatic rings. The van der Waals surface area contributed by atoms with Gasteiger partial charge in [0.2, 0.25) is 5.91 Å². The van der Waals surface area contributed by atoms with Crippen molar-refractivity contribution in [3.8, 4) is 11.8 Å². The lowest BCUT2D eigenvalue weighted by molar-refractivity contribution is -0.128. The average Bonchev–Trinajstić information content (AvgIpc) is 3.07. The number of carboxylic acid groups (broad SMARTS) is 1. The fourth-order valence-electron chi connectivity index (χ4n) is 3.31. The van der Waals surface area contributed by atoms with Crippen molar-refractivity contribution in [1.82, 2.24) is 4.90 Å². The maximum absolute atomic E-state index is 12.3. The standard InChI is InChI=1S/C24H31NO4/c1-3-4-5-6-7-18(2)22(26)14-12-21-13-15-23(27)25(21)17-16-19-8-10-20(11-9-19)24(28)29/h8-12,14,18,21-22,26H,3-4,7,13,15-17H2,1-2H3,(H,28,29)/t18-,21?,22+/m0/s1. The highest BCUT2D eigenvalue weighted by Gasteiger charge is 2.28. The largest absolute Gasteiger partial charge is 0.478 e. The Morgan fingerprint density at radius 2 is 2.03 bits per heavy atom. The molecular formula is C24H31NO4. The molecule has 0 bridgehead atoms. The summed E-state index contributed by atoms with van der Waals surface area (Å²) in [5.41, 5.74) is 1.26. The van der Waals surface area contributed by atoms with Crippen molar-refractivity contribution in [2.45, 2.75) is 64.5 Å². The molecule has 1 saturated heterocycles. The Labute approximate surface area is 173 Å². The van der Waals surface area contributed by atoms with E-state index in [1.54, 1.807) is 30.3 Å². The fraction of sp³-hybridized carbons (Fsp3) is 0.500. The molecule has 1 fully saturated rings. The number of nitrogens with zero attached hydrogens (tertiary/aromatic N) is 1. The third-order valence-corrected chi connectivity index (χ3v) is 5.25. The number of hydrogen-bond donors (Lipinski definition) is 2. The molecule has 0 saturated carbocycles. The third-order valence-electron chi connectivity index (χ3n) is 5.25. The van der Waals surface area contributed by atoms with E-state index in [0.717, 1.165) is 24.8 Å². The van der Waals surface area contributed by atoms with Crippen LogP contribution in [-0.2, 0) is 11.2 Å². The van der Waals surface area contributed by atoms with E-state index in [2.05, 4.69) is 18.8 Å². The summed E-state index contributed by atoms with van der Waals surface area (Å²) in [6.45, 7) is 4.65. The van der Waals surface area contributed by atoms with Gasteiger partial charge in [-0.2, -0.15) is 0 Å². The third kappa shape index (κ3) is 7.07. The minimum atomic E-state index is -0.944. The molecule has 1 heterocycles. The summed E-state index contributed by atoms with van der Waals surface area (Å²) in [4.78, 5) is 25.1. The van der Waals surface area contributed by atoms with Crippen LogP contribution in [0.4, 0.5) is 0 Å². The zero-order valence-electron chi connectivity index (χ0n) is 17.3. The highest BCUT2D eigenvalue weighted by molar-refractivity contribution is 5.87. The van der Waals surface area contributed by atoms with Crippen LogP contribution >= 0.6 is 0 Å². The van der Waals surface area contributed by atoms with E-state index in [9.17, 15) is 14.7 Å². The molecule has 1 aromatic carbocycles. The summed E-state index contributed by atoms with van der Waals surface area (Å²) in [5.74, 6) is 5.44. The number of carboxylic acids is 1. The van der Waals surface area contributed by atoms with Crippen LogP contribution in [0.1, 0.15) is 61.9 Å². The number of aliphatic hydroxyl groups excluding tert-OH is 1. The summed E-state index contributed by atoms with van der Waals surface area (Å²) in [5, 5.41) is 19.3. The highest BCUT2D eigenvalue weighted by Crippen LogP contribution is 2.21. The van der Waals surface area contributed by atoms with Crippen LogP contribution in [0, 0.1) is 17.8 Å². The van der Waals surface area contributed by atoms with Crippen LogP contribution in [-0.4, -0.2) is 45.7 Å². The molecular weight excluding hydrogens is 366 g/mol. The van der Waals surface area contributed by atoms with Gasteiger partial charge < -0.3 is 15.1 Å². The van der Waals surface area contributed by atoms with Crippen LogP contribution in [0.15, 0.2) is 36.4 Å². The first-order valence-corrected chi connectivity index (χ1v) is 10.4. The number of unbranched alkanes of at least 4 members (excludes halogenated alkanes) is 1. The lowest BCUT2D eigenvalue weighted by Crippen LogP contribution is -2.34. The number of aliphatic hydroxyl groups is 1. The number of hydrogen-bond acceptors (Lipinski definition) is 3. The van der Waals surface area contributed by atoms with E-state index in [0.29, 0.717) is 25.8 Å². The second-order valence-electron chi connectivity index (χ2n) is 7.61. The zero-order chi connectivity index (χ0) is 21.2. The molecule has 1 unspecified atom stereocenters. The van der Waals surface area contributed by atoms with Gasteiger partial charge in [-0.1, -0.05) is 38.1 Å². The van der Waals surface area contributed by atoms with E-state index in [-0.39, 0.29) is 23.4 Å². The second-order valence-corrected chi connectivity index (χ2v) is 7.61. The number of likely N-dealkylation sites (tertiary alicyclic amines) is 1. The van der Waals surface area contributed by atoms with Gasteiger partial charge >= 0.3 is 5.97 Å². The molecule has 1 amide bonds. The monoisotopic (exact) mass is 397 g/mol. The first kappa shape index (κ1) is 22.7. The molecule has 3 atom stereocenters. The maximum atomic E-state index is 12.3. The predicted octanol–water partition coefficient (Wildman–Crippen LogP) is 3.67. The molecule has 2 rings (SSSR count). The van der Waals surface area contributed by atoms with Crippen LogP contribution in [0.25, 0.3) is 0 Å². The number of aromatic carboxylic acids is 1. The quantitative estimate of drug-likeness (QED) is 0.492. The molecule has 0 aromatic heterocycles. The van der Waals surface area contributed by atoms with Crippen LogP contribution in [0.3, 0.4) is 0 Å². The first-order chi connectivity index (χ1) is 13.9. The zero-order valence-corrected chi connectivity index (χ0v) is 17.3. The minimum absolute atomic E-state index is 0.00572. The molecule has 29 heavy (non-hydrogen) atoms. The lowest BCUT2D eigenvalue weighted by Gasteiger charge is -2.23. The number of rotatable bonds is 9. The van der Waals surface area contributed by atoms with E-state index >= 15 is 0 Å². The predicted molar refractivity (Wildman–Crippen MR) is 113 cm³/mol. The van der Waals surface area contributed by atoms with Crippen LogP contribution in [0.2, 0.25) is 0 Å².